The number of benzene rings is 1. The smallest absolute Gasteiger partial charge is 0.258 e. The normalized spacial score (nSPS) is 10.8. The molecule has 3 rings (SSSR count). The van der Waals surface area contributed by atoms with Crippen LogP contribution in [0.15, 0.2) is 47.1 Å². The molecule has 0 saturated carbocycles. The van der Waals surface area contributed by atoms with Gasteiger partial charge in [0.15, 0.2) is 5.82 Å². The van der Waals surface area contributed by atoms with Gasteiger partial charge in [0.2, 0.25) is 0 Å². The van der Waals surface area contributed by atoms with Crippen molar-refractivity contribution in [2.45, 2.75) is 13.0 Å². The van der Waals surface area contributed by atoms with Gasteiger partial charge < -0.3 is 10.3 Å². The number of halogens is 1. The molecule has 0 fully saturated rings. The summed E-state index contributed by atoms with van der Waals surface area (Å²) >= 11 is 0. The first-order chi connectivity index (χ1) is 10.3. The van der Waals surface area contributed by atoms with Gasteiger partial charge in [-0.15, -0.1) is 0 Å². The first kappa shape index (κ1) is 13.4. The fourth-order valence-corrected chi connectivity index (χ4v) is 1.98. The standard InChI is InChI=1S/C15H13FN4O/c16-13-4-2-1-3-10(13)8-14-19-15(21-20-14)11-5-6-18-12(7-11)9-17/h1-7H,8-9,17H2. The molecule has 0 atom stereocenters. The van der Waals surface area contributed by atoms with Crippen LogP contribution in [0, 0.1) is 5.82 Å². The fraction of sp³-hybridized carbons (Fsp3) is 0.133. The third-order valence-electron chi connectivity index (χ3n) is 3.05. The van der Waals surface area contributed by atoms with Gasteiger partial charge >= 0.3 is 0 Å². The van der Waals surface area contributed by atoms with Crippen molar-refractivity contribution in [1.29, 1.82) is 0 Å². The molecule has 0 amide bonds. The Balaban J connectivity index is 1.85. The van der Waals surface area contributed by atoms with E-state index in [4.69, 9.17) is 10.3 Å². The molecular weight excluding hydrogens is 271 g/mol. The fourth-order valence-electron chi connectivity index (χ4n) is 1.98. The molecule has 0 spiro atoms. The van der Waals surface area contributed by atoms with Crippen LogP contribution in [0.3, 0.4) is 0 Å². The van der Waals surface area contributed by atoms with Crippen molar-refractivity contribution in [3.05, 3.63) is 65.5 Å². The molecule has 3 aromatic rings. The summed E-state index contributed by atoms with van der Waals surface area (Å²) in [7, 11) is 0. The van der Waals surface area contributed by atoms with E-state index in [0.29, 0.717) is 23.8 Å². The summed E-state index contributed by atoms with van der Waals surface area (Å²) in [4.78, 5) is 8.38. The molecule has 21 heavy (non-hydrogen) atoms. The minimum Gasteiger partial charge on any atom is -0.334 e. The van der Waals surface area contributed by atoms with Crippen LogP contribution < -0.4 is 5.73 Å². The van der Waals surface area contributed by atoms with E-state index in [1.165, 1.54) is 6.07 Å². The summed E-state index contributed by atoms with van der Waals surface area (Å²) in [5.74, 6) is 0.526. The maximum Gasteiger partial charge on any atom is 0.258 e. The third-order valence-corrected chi connectivity index (χ3v) is 3.05. The van der Waals surface area contributed by atoms with Crippen molar-refractivity contribution in [3.63, 3.8) is 0 Å². The van der Waals surface area contributed by atoms with E-state index < -0.39 is 0 Å². The van der Waals surface area contributed by atoms with Crippen LogP contribution in [0.25, 0.3) is 11.5 Å². The first-order valence-corrected chi connectivity index (χ1v) is 6.47. The van der Waals surface area contributed by atoms with E-state index in [0.717, 1.165) is 11.3 Å². The minimum atomic E-state index is -0.279. The van der Waals surface area contributed by atoms with Gasteiger partial charge in [-0.2, -0.15) is 4.98 Å². The van der Waals surface area contributed by atoms with E-state index in [-0.39, 0.29) is 12.2 Å². The summed E-state index contributed by atoms with van der Waals surface area (Å²) < 4.78 is 18.8. The highest BCUT2D eigenvalue weighted by Gasteiger charge is 2.11. The Morgan fingerprint density at radius 2 is 2.05 bits per heavy atom. The van der Waals surface area contributed by atoms with Crippen LogP contribution in [0.5, 0.6) is 0 Å². The van der Waals surface area contributed by atoms with Crippen LogP contribution in [-0.4, -0.2) is 15.1 Å². The zero-order valence-electron chi connectivity index (χ0n) is 11.2. The number of pyridine rings is 1. The van der Waals surface area contributed by atoms with Gasteiger partial charge in [-0.05, 0) is 23.8 Å². The molecule has 2 N–H and O–H groups in total. The lowest BCUT2D eigenvalue weighted by Gasteiger charge is -1.98. The Hall–Kier alpha value is -2.60. The third kappa shape index (κ3) is 2.95. The maximum atomic E-state index is 13.6. The first-order valence-electron chi connectivity index (χ1n) is 6.47. The molecule has 0 aliphatic rings. The largest absolute Gasteiger partial charge is 0.334 e. The molecule has 2 aromatic heterocycles. The highest BCUT2D eigenvalue weighted by molar-refractivity contribution is 5.52. The molecule has 5 nitrogen and oxygen atoms in total. The highest BCUT2D eigenvalue weighted by atomic mass is 19.1. The lowest BCUT2D eigenvalue weighted by molar-refractivity contribution is 0.423. The number of hydrogen-bond acceptors (Lipinski definition) is 5. The van der Waals surface area contributed by atoms with Crippen molar-refractivity contribution < 1.29 is 8.91 Å². The molecule has 106 valence electrons. The number of rotatable bonds is 4. The van der Waals surface area contributed by atoms with Gasteiger partial charge in [0.25, 0.3) is 5.89 Å². The Morgan fingerprint density at radius 3 is 2.86 bits per heavy atom. The van der Waals surface area contributed by atoms with Crippen LogP contribution in [0.1, 0.15) is 17.1 Å². The predicted octanol–water partition coefficient (Wildman–Crippen LogP) is 2.32. The van der Waals surface area contributed by atoms with Crippen molar-refractivity contribution in [2.24, 2.45) is 5.73 Å². The van der Waals surface area contributed by atoms with Gasteiger partial charge in [-0.1, -0.05) is 23.4 Å². The average molecular weight is 284 g/mol. The molecule has 1 aromatic carbocycles. The van der Waals surface area contributed by atoms with Crippen molar-refractivity contribution >= 4 is 0 Å². The molecule has 2 heterocycles. The average Bonchev–Trinajstić information content (AvgIpc) is 2.98. The molecule has 0 aliphatic carbocycles. The van der Waals surface area contributed by atoms with E-state index in [1.54, 1.807) is 36.5 Å². The molecule has 0 bridgehead atoms. The van der Waals surface area contributed by atoms with E-state index in [1.807, 2.05) is 0 Å². The topological polar surface area (TPSA) is 77.8 Å². The summed E-state index contributed by atoms with van der Waals surface area (Å²) in [6.45, 7) is 0.337. The van der Waals surface area contributed by atoms with Gasteiger partial charge in [0.1, 0.15) is 5.82 Å². The molecule has 0 unspecified atom stereocenters. The number of hydrogen-bond donors (Lipinski definition) is 1. The number of nitrogens with zero attached hydrogens (tertiary/aromatic N) is 3. The highest BCUT2D eigenvalue weighted by Crippen LogP contribution is 2.19. The van der Waals surface area contributed by atoms with Crippen LogP contribution in [-0.2, 0) is 13.0 Å². The second kappa shape index (κ2) is 5.80. The van der Waals surface area contributed by atoms with Gasteiger partial charge in [0, 0.05) is 24.7 Å². The van der Waals surface area contributed by atoms with Gasteiger partial charge in [0.05, 0.1) is 5.69 Å². The van der Waals surface area contributed by atoms with Crippen LogP contribution in [0.4, 0.5) is 4.39 Å². The van der Waals surface area contributed by atoms with Crippen LogP contribution >= 0.6 is 0 Å². The van der Waals surface area contributed by atoms with E-state index in [2.05, 4.69) is 15.1 Å². The monoisotopic (exact) mass is 284 g/mol. The minimum absolute atomic E-state index is 0.279. The summed E-state index contributed by atoms with van der Waals surface area (Å²) in [5, 5.41) is 3.88. The number of nitrogens with two attached hydrogens (primary N) is 1. The Labute approximate surface area is 120 Å². The quantitative estimate of drug-likeness (QED) is 0.795. The predicted molar refractivity (Wildman–Crippen MR) is 74.6 cm³/mol. The van der Waals surface area contributed by atoms with Crippen molar-refractivity contribution in [3.8, 4) is 11.5 Å². The zero-order chi connectivity index (χ0) is 14.7. The van der Waals surface area contributed by atoms with Crippen molar-refractivity contribution in [1.82, 2.24) is 15.1 Å². The Kier molecular flexibility index (Phi) is 3.70. The van der Waals surface area contributed by atoms with E-state index in [9.17, 15) is 4.39 Å². The SMILES string of the molecule is NCc1cc(-c2nc(Cc3ccccc3F)no2)ccn1. The summed E-state index contributed by atoms with van der Waals surface area (Å²) in [6.07, 6.45) is 1.92. The molecule has 0 aliphatic heterocycles. The number of aromatic nitrogens is 3. The summed E-state index contributed by atoms with van der Waals surface area (Å²) in [5.41, 5.74) is 7.57. The summed E-state index contributed by atoms with van der Waals surface area (Å²) in [6, 6.07) is 10.1. The second-order valence-corrected chi connectivity index (χ2v) is 4.52. The maximum absolute atomic E-state index is 13.6. The van der Waals surface area contributed by atoms with Crippen LogP contribution in [0.2, 0.25) is 0 Å². The molecule has 0 radical (unpaired) electrons. The lowest BCUT2D eigenvalue weighted by Crippen LogP contribution is -1.99. The zero-order valence-corrected chi connectivity index (χ0v) is 11.2. The van der Waals surface area contributed by atoms with Gasteiger partial charge in [-0.25, -0.2) is 4.39 Å². The van der Waals surface area contributed by atoms with Crippen molar-refractivity contribution in [2.75, 3.05) is 0 Å². The Bertz CT molecular complexity index is 757. The molecule has 0 saturated heterocycles. The van der Waals surface area contributed by atoms with E-state index >= 15 is 0 Å². The molecule has 6 heteroatoms. The molecular formula is C15H13FN4O. The lowest BCUT2D eigenvalue weighted by atomic mass is 10.1. The van der Waals surface area contributed by atoms with Gasteiger partial charge in [-0.3, -0.25) is 4.98 Å². The second-order valence-electron chi connectivity index (χ2n) is 4.52. The Morgan fingerprint density at radius 1 is 1.19 bits per heavy atom.